The molecule has 0 bridgehead atoms. The molecule has 1 aliphatic heterocycles. The number of anilines is 1. The first-order valence-electron chi connectivity index (χ1n) is 8.24. The van der Waals surface area contributed by atoms with E-state index in [-0.39, 0.29) is 0 Å². The van der Waals surface area contributed by atoms with Gasteiger partial charge in [-0.15, -0.1) is 0 Å². The lowest BCUT2D eigenvalue weighted by Gasteiger charge is -2.28. The molecular weight excluding hydrogens is 298 g/mol. The van der Waals surface area contributed by atoms with Gasteiger partial charge in [0.2, 0.25) is 0 Å². The highest BCUT2D eigenvalue weighted by molar-refractivity contribution is 5.88. The monoisotopic (exact) mass is 318 g/mol. The lowest BCUT2D eigenvalue weighted by Crippen LogP contribution is -2.45. The molecule has 0 amide bonds. The number of benzene rings is 1. The van der Waals surface area contributed by atoms with E-state index in [2.05, 4.69) is 55.3 Å². The molecule has 0 spiro atoms. The lowest BCUT2D eigenvalue weighted by molar-refractivity contribution is -0.364. The van der Waals surface area contributed by atoms with Crippen molar-refractivity contribution in [3.8, 4) is 0 Å². The summed E-state index contributed by atoms with van der Waals surface area (Å²) >= 11 is 0. The van der Waals surface area contributed by atoms with Crippen molar-refractivity contribution < 1.29 is 4.98 Å². The van der Waals surface area contributed by atoms with Crippen LogP contribution in [0, 0.1) is 0 Å². The molecule has 5 heteroatoms. The first kappa shape index (κ1) is 14.6. The fourth-order valence-corrected chi connectivity index (χ4v) is 2.96. The molecule has 0 atom stereocenters. The Bertz CT molecular complexity index is 839. The molecule has 0 unspecified atom stereocenters. The quantitative estimate of drug-likeness (QED) is 0.696. The number of nitrogens with one attached hydrogen (secondary N) is 1. The molecule has 1 N–H and O–H groups in total. The van der Waals surface area contributed by atoms with Gasteiger partial charge >= 0.3 is 0 Å². The maximum Gasteiger partial charge on any atom is 0.274 e. The molecular formula is C19H20N5+. The summed E-state index contributed by atoms with van der Waals surface area (Å²) in [7, 11) is 0. The van der Waals surface area contributed by atoms with E-state index in [1.165, 1.54) is 5.82 Å². The molecule has 120 valence electrons. The van der Waals surface area contributed by atoms with Gasteiger partial charge < -0.3 is 0 Å². The number of hydrazone groups is 1. The average Bonchev–Trinajstić information content (AvgIpc) is 2.67. The van der Waals surface area contributed by atoms with E-state index in [1.807, 2.05) is 36.8 Å². The Labute approximate surface area is 141 Å². The molecule has 2 aromatic heterocycles. The third-order valence-corrected chi connectivity index (χ3v) is 4.29. The maximum atomic E-state index is 4.64. The molecule has 24 heavy (non-hydrogen) atoms. The van der Waals surface area contributed by atoms with Crippen LogP contribution in [0.3, 0.4) is 0 Å². The van der Waals surface area contributed by atoms with Crippen LogP contribution >= 0.6 is 0 Å². The first-order valence-corrected chi connectivity index (χ1v) is 8.24. The van der Waals surface area contributed by atoms with E-state index in [9.17, 15) is 0 Å². The fourth-order valence-electron chi connectivity index (χ4n) is 2.96. The van der Waals surface area contributed by atoms with Crippen molar-refractivity contribution in [1.82, 2.24) is 9.99 Å². The minimum absolute atomic E-state index is 0.925. The van der Waals surface area contributed by atoms with Gasteiger partial charge in [-0.05, 0) is 29.8 Å². The number of nitrogens with zero attached hydrogens (tertiary/aromatic N) is 4. The predicted molar refractivity (Wildman–Crippen MR) is 96.1 cm³/mol. The van der Waals surface area contributed by atoms with E-state index in [0.29, 0.717) is 0 Å². The van der Waals surface area contributed by atoms with Crippen LogP contribution in [-0.4, -0.2) is 42.4 Å². The van der Waals surface area contributed by atoms with Crippen LogP contribution in [0.1, 0.15) is 5.56 Å². The van der Waals surface area contributed by atoms with E-state index in [1.54, 1.807) is 0 Å². The van der Waals surface area contributed by atoms with Crippen molar-refractivity contribution in [2.75, 3.05) is 31.1 Å². The summed E-state index contributed by atoms with van der Waals surface area (Å²) in [4.78, 5) is 9.99. The SMILES string of the molecule is C(=N/N1CCN(c2cccc[nH+]2)CC1)/c1ccc2ncccc2c1. The Morgan fingerprint density at radius 3 is 2.75 bits per heavy atom. The second-order valence-electron chi connectivity index (χ2n) is 5.89. The number of aromatic nitrogens is 2. The molecule has 1 aliphatic rings. The van der Waals surface area contributed by atoms with Gasteiger partial charge in [0.1, 0.15) is 13.1 Å². The number of hydrogen-bond acceptors (Lipinski definition) is 4. The smallest absolute Gasteiger partial charge is 0.274 e. The number of aromatic amines is 1. The number of piperazine rings is 1. The number of rotatable bonds is 3. The third-order valence-electron chi connectivity index (χ3n) is 4.29. The zero-order valence-corrected chi connectivity index (χ0v) is 13.5. The zero-order valence-electron chi connectivity index (χ0n) is 13.5. The standard InChI is InChI=1S/C19H19N5/c1-2-8-21-19(5-1)23-10-12-24(13-11-23)22-15-16-6-7-18-17(14-16)4-3-9-20-18/h1-9,14-15H,10-13H2/p+1/b22-15-. The first-order chi connectivity index (χ1) is 11.9. The summed E-state index contributed by atoms with van der Waals surface area (Å²) in [5.74, 6) is 1.17. The molecule has 0 aliphatic carbocycles. The summed E-state index contributed by atoms with van der Waals surface area (Å²) in [5.41, 5.74) is 2.12. The fraction of sp³-hybridized carbons (Fsp3) is 0.211. The summed E-state index contributed by atoms with van der Waals surface area (Å²) in [5, 5.41) is 7.92. The average molecular weight is 318 g/mol. The second-order valence-corrected chi connectivity index (χ2v) is 5.89. The van der Waals surface area contributed by atoms with Crippen LogP contribution in [0.5, 0.6) is 0 Å². The van der Waals surface area contributed by atoms with Crippen molar-refractivity contribution in [1.29, 1.82) is 0 Å². The number of hydrogen-bond donors (Lipinski definition) is 0. The Kier molecular flexibility index (Phi) is 4.06. The number of fused-ring (bicyclic) bond motifs is 1. The van der Waals surface area contributed by atoms with Crippen LogP contribution in [0.25, 0.3) is 10.9 Å². The maximum absolute atomic E-state index is 4.64. The third kappa shape index (κ3) is 3.20. The molecule has 1 saturated heterocycles. The van der Waals surface area contributed by atoms with E-state index in [4.69, 9.17) is 0 Å². The number of pyridine rings is 2. The number of H-pyrrole nitrogens is 1. The molecule has 3 aromatic rings. The Hall–Kier alpha value is -2.95. The zero-order chi connectivity index (χ0) is 16.2. The van der Waals surface area contributed by atoms with Gasteiger partial charge in [0, 0.05) is 17.6 Å². The van der Waals surface area contributed by atoms with E-state index < -0.39 is 0 Å². The minimum Gasteiger partial charge on any atom is -0.289 e. The predicted octanol–water partition coefficient (Wildman–Crippen LogP) is 2.21. The molecule has 3 heterocycles. The van der Waals surface area contributed by atoms with E-state index in [0.717, 1.165) is 42.6 Å². The highest BCUT2D eigenvalue weighted by Gasteiger charge is 2.21. The van der Waals surface area contributed by atoms with Crippen molar-refractivity contribution in [2.45, 2.75) is 0 Å². The Morgan fingerprint density at radius 2 is 1.92 bits per heavy atom. The second kappa shape index (κ2) is 6.66. The molecule has 1 fully saturated rings. The van der Waals surface area contributed by atoms with Crippen LogP contribution in [0.4, 0.5) is 5.82 Å². The van der Waals surface area contributed by atoms with Gasteiger partial charge in [-0.3, -0.25) is 14.9 Å². The molecule has 0 radical (unpaired) electrons. The van der Waals surface area contributed by atoms with Crippen LogP contribution in [0.2, 0.25) is 0 Å². The van der Waals surface area contributed by atoms with Gasteiger partial charge in [0.25, 0.3) is 5.82 Å². The summed E-state index contributed by atoms with van der Waals surface area (Å²) in [6, 6.07) is 16.4. The van der Waals surface area contributed by atoms with Crippen molar-refractivity contribution in [3.05, 3.63) is 66.5 Å². The largest absolute Gasteiger partial charge is 0.289 e. The normalized spacial score (nSPS) is 15.3. The molecule has 1 aromatic carbocycles. The molecule has 5 nitrogen and oxygen atoms in total. The van der Waals surface area contributed by atoms with E-state index >= 15 is 0 Å². The van der Waals surface area contributed by atoms with Gasteiger partial charge in [-0.1, -0.05) is 18.2 Å². The molecule has 0 saturated carbocycles. The van der Waals surface area contributed by atoms with Crippen LogP contribution < -0.4 is 9.88 Å². The van der Waals surface area contributed by atoms with Gasteiger partial charge in [0.05, 0.1) is 31.0 Å². The van der Waals surface area contributed by atoms with Gasteiger partial charge in [0.15, 0.2) is 0 Å². The van der Waals surface area contributed by atoms with Crippen LogP contribution in [0.15, 0.2) is 66.0 Å². The summed E-state index contributed by atoms with van der Waals surface area (Å²) in [6.45, 7) is 3.79. The molecule has 4 rings (SSSR count). The minimum atomic E-state index is 0.925. The summed E-state index contributed by atoms with van der Waals surface area (Å²) in [6.07, 6.45) is 5.73. The van der Waals surface area contributed by atoms with Gasteiger partial charge in [-0.25, -0.2) is 4.98 Å². The summed E-state index contributed by atoms with van der Waals surface area (Å²) < 4.78 is 0. The van der Waals surface area contributed by atoms with Gasteiger partial charge in [-0.2, -0.15) is 5.10 Å². The van der Waals surface area contributed by atoms with Crippen LogP contribution in [-0.2, 0) is 0 Å². The van der Waals surface area contributed by atoms with Crippen molar-refractivity contribution in [2.24, 2.45) is 5.10 Å². The highest BCUT2D eigenvalue weighted by Crippen LogP contribution is 2.13. The Morgan fingerprint density at radius 1 is 1.00 bits per heavy atom. The van der Waals surface area contributed by atoms with Crippen molar-refractivity contribution in [3.63, 3.8) is 0 Å². The Balaban J connectivity index is 1.40. The highest BCUT2D eigenvalue weighted by atomic mass is 15.5. The topological polar surface area (TPSA) is 45.9 Å². The van der Waals surface area contributed by atoms with Crippen molar-refractivity contribution >= 4 is 22.9 Å². The lowest BCUT2D eigenvalue weighted by atomic mass is 10.1.